The number of hydrogen-bond donors (Lipinski definition) is 5. The number of hydrogen-bond acceptors (Lipinski definition) is 14. The molecule has 3 aromatic rings. The minimum Gasteiger partial charge on any atom is -0.491 e. The summed E-state index contributed by atoms with van der Waals surface area (Å²) in [6, 6.07) is 11.0. The van der Waals surface area contributed by atoms with E-state index in [1.165, 1.54) is 6.07 Å². The smallest absolute Gasteiger partial charge is 0.264 e. The maximum atomic E-state index is 13.3. The van der Waals surface area contributed by atoms with Gasteiger partial charge in [0.25, 0.3) is 11.8 Å². The van der Waals surface area contributed by atoms with Crippen LogP contribution in [0.3, 0.4) is 0 Å². The SMILES string of the molecule is O=C(CCCCCCC(=O)NN=Cc1ccc(OCCOCCOCCn2cc(CNc3cccc4c3C(=O)N(C3CCC(=O)NC3=O)C4=O)nn2)cc1)NO. The third kappa shape index (κ3) is 12.0. The molecule has 19 heteroatoms. The van der Waals surface area contributed by atoms with E-state index in [1.807, 2.05) is 12.1 Å². The highest BCUT2D eigenvalue weighted by Crippen LogP contribution is 2.32. The summed E-state index contributed by atoms with van der Waals surface area (Å²) in [4.78, 5) is 74.1. The Kier molecular flexibility index (Phi) is 15.5. The maximum Gasteiger partial charge on any atom is 0.264 e. The van der Waals surface area contributed by atoms with Gasteiger partial charge in [0.05, 0.1) is 63.1 Å². The molecule has 56 heavy (non-hydrogen) atoms. The Bertz CT molecular complexity index is 1880. The number of rotatable bonds is 23. The Morgan fingerprint density at radius 2 is 1.64 bits per heavy atom. The van der Waals surface area contributed by atoms with Crippen molar-refractivity contribution < 1.29 is 48.2 Å². The normalized spacial score (nSPS) is 15.2. The van der Waals surface area contributed by atoms with E-state index in [2.05, 4.69) is 31.5 Å². The molecule has 0 aliphatic carbocycles. The van der Waals surface area contributed by atoms with E-state index in [-0.39, 0.29) is 42.8 Å². The highest BCUT2D eigenvalue weighted by Gasteiger charge is 2.45. The molecule has 1 fully saturated rings. The number of benzene rings is 2. The molecule has 298 valence electrons. The largest absolute Gasteiger partial charge is 0.491 e. The lowest BCUT2D eigenvalue weighted by atomic mass is 10.0. The first-order valence-corrected chi connectivity index (χ1v) is 18.3. The molecule has 0 spiro atoms. The van der Waals surface area contributed by atoms with Crippen molar-refractivity contribution in [2.24, 2.45) is 5.10 Å². The Labute approximate surface area is 322 Å². The summed E-state index contributed by atoms with van der Waals surface area (Å²) in [5.74, 6) is -2.19. The van der Waals surface area contributed by atoms with E-state index in [9.17, 15) is 28.8 Å². The van der Waals surface area contributed by atoms with Gasteiger partial charge < -0.3 is 19.5 Å². The van der Waals surface area contributed by atoms with Crippen LogP contribution in [0.2, 0.25) is 0 Å². The number of hydroxylamine groups is 1. The van der Waals surface area contributed by atoms with Crippen LogP contribution in [0.1, 0.15) is 83.3 Å². The number of imide groups is 2. The summed E-state index contributed by atoms with van der Waals surface area (Å²) in [5.41, 5.74) is 6.27. The van der Waals surface area contributed by atoms with Gasteiger partial charge in [-0.2, -0.15) is 5.10 Å². The van der Waals surface area contributed by atoms with Crippen molar-refractivity contribution in [3.05, 3.63) is 71.0 Å². The molecule has 2 aliphatic heterocycles. The molecular formula is C37H45N9O10. The van der Waals surface area contributed by atoms with Crippen LogP contribution in [-0.4, -0.2) is 106 Å². The number of anilines is 1. The van der Waals surface area contributed by atoms with Crippen LogP contribution in [0.25, 0.3) is 0 Å². The number of carbonyl (C=O) groups is 6. The molecule has 2 aromatic carbocycles. The molecule has 5 rings (SSSR count). The second kappa shape index (κ2) is 21.1. The van der Waals surface area contributed by atoms with E-state index in [0.29, 0.717) is 76.0 Å². The van der Waals surface area contributed by atoms with Crippen LogP contribution in [-0.2, 0) is 41.7 Å². The number of aromatic nitrogens is 3. The van der Waals surface area contributed by atoms with Crippen molar-refractivity contribution in [3.63, 3.8) is 0 Å². The zero-order chi connectivity index (χ0) is 39.7. The van der Waals surface area contributed by atoms with Crippen molar-refractivity contribution >= 4 is 47.3 Å². The number of hydrazone groups is 1. The van der Waals surface area contributed by atoms with Gasteiger partial charge in [0.1, 0.15) is 24.1 Å². The molecular weight excluding hydrogens is 730 g/mol. The van der Waals surface area contributed by atoms with Gasteiger partial charge in [-0.3, -0.25) is 44.2 Å². The predicted molar refractivity (Wildman–Crippen MR) is 197 cm³/mol. The fraction of sp³-hybridized carbons (Fsp3) is 0.432. The second-order valence-corrected chi connectivity index (χ2v) is 12.9. The van der Waals surface area contributed by atoms with Crippen molar-refractivity contribution in [1.82, 2.24) is 36.1 Å². The average molecular weight is 776 g/mol. The van der Waals surface area contributed by atoms with Crippen LogP contribution < -0.4 is 26.3 Å². The molecule has 5 N–H and O–H groups in total. The monoisotopic (exact) mass is 775 g/mol. The zero-order valence-corrected chi connectivity index (χ0v) is 30.7. The van der Waals surface area contributed by atoms with Crippen molar-refractivity contribution in [3.8, 4) is 5.75 Å². The van der Waals surface area contributed by atoms with Crippen molar-refractivity contribution in [2.45, 2.75) is 70.5 Å². The lowest BCUT2D eigenvalue weighted by Gasteiger charge is -2.27. The van der Waals surface area contributed by atoms with Gasteiger partial charge >= 0.3 is 0 Å². The quantitative estimate of drug-likeness (QED) is 0.0303. The van der Waals surface area contributed by atoms with Gasteiger partial charge in [0.15, 0.2) is 0 Å². The fourth-order valence-electron chi connectivity index (χ4n) is 5.94. The van der Waals surface area contributed by atoms with Gasteiger partial charge in [-0.15, -0.1) is 5.10 Å². The predicted octanol–water partition coefficient (Wildman–Crippen LogP) is 1.70. The van der Waals surface area contributed by atoms with Gasteiger partial charge in [-0.05, 0) is 61.2 Å². The molecule has 1 unspecified atom stereocenters. The number of nitrogens with zero attached hydrogens (tertiary/aromatic N) is 5. The highest BCUT2D eigenvalue weighted by atomic mass is 16.5. The van der Waals surface area contributed by atoms with E-state index < -0.39 is 35.6 Å². The topological polar surface area (TPSA) is 245 Å². The first kappa shape index (κ1) is 41.1. The summed E-state index contributed by atoms with van der Waals surface area (Å²) in [7, 11) is 0. The summed E-state index contributed by atoms with van der Waals surface area (Å²) in [6.45, 7) is 2.53. The number of unbranched alkanes of at least 4 members (excludes halogenated alkanes) is 3. The number of ether oxygens (including phenoxy) is 3. The van der Waals surface area contributed by atoms with Gasteiger partial charge in [0, 0.05) is 24.9 Å². The molecule has 1 atom stereocenters. The van der Waals surface area contributed by atoms with Gasteiger partial charge in [-0.25, -0.2) is 15.6 Å². The fourth-order valence-corrected chi connectivity index (χ4v) is 5.94. The molecule has 1 saturated heterocycles. The number of fused-ring (bicyclic) bond motifs is 1. The highest BCUT2D eigenvalue weighted by molar-refractivity contribution is 6.25. The molecule has 19 nitrogen and oxygen atoms in total. The molecule has 3 heterocycles. The Hall–Kier alpha value is -6.05. The van der Waals surface area contributed by atoms with E-state index in [4.69, 9.17) is 19.4 Å². The second-order valence-electron chi connectivity index (χ2n) is 12.9. The summed E-state index contributed by atoms with van der Waals surface area (Å²) < 4.78 is 18.6. The Morgan fingerprint density at radius 3 is 2.39 bits per heavy atom. The van der Waals surface area contributed by atoms with Gasteiger partial charge in [0.2, 0.25) is 23.6 Å². The van der Waals surface area contributed by atoms with E-state index >= 15 is 0 Å². The molecule has 1 aromatic heterocycles. The van der Waals surface area contributed by atoms with Crippen LogP contribution in [0.4, 0.5) is 5.69 Å². The minimum absolute atomic E-state index is 0.0457. The zero-order valence-electron chi connectivity index (χ0n) is 30.7. The van der Waals surface area contributed by atoms with E-state index in [1.54, 1.807) is 46.8 Å². The number of nitrogens with one attached hydrogen (secondary N) is 4. The van der Waals surface area contributed by atoms with Crippen LogP contribution in [0.15, 0.2) is 53.8 Å². The third-order valence-electron chi connectivity index (χ3n) is 8.81. The lowest BCUT2D eigenvalue weighted by molar-refractivity contribution is -0.136. The maximum absolute atomic E-state index is 13.3. The molecule has 2 aliphatic rings. The third-order valence-corrected chi connectivity index (χ3v) is 8.81. The number of piperidine rings is 1. The molecule has 6 amide bonds. The van der Waals surface area contributed by atoms with Crippen LogP contribution in [0, 0.1) is 0 Å². The van der Waals surface area contributed by atoms with Crippen molar-refractivity contribution in [2.75, 3.05) is 38.4 Å². The van der Waals surface area contributed by atoms with E-state index in [0.717, 1.165) is 23.3 Å². The Morgan fingerprint density at radius 1 is 0.911 bits per heavy atom. The van der Waals surface area contributed by atoms with Crippen molar-refractivity contribution in [1.29, 1.82) is 0 Å². The average Bonchev–Trinajstić information content (AvgIpc) is 3.76. The Balaban J connectivity index is 0.899. The summed E-state index contributed by atoms with van der Waals surface area (Å²) >= 11 is 0. The molecule has 0 bridgehead atoms. The summed E-state index contributed by atoms with van der Waals surface area (Å²) in [5, 5.41) is 26.1. The summed E-state index contributed by atoms with van der Waals surface area (Å²) in [6.07, 6.45) is 6.96. The number of carbonyl (C=O) groups excluding carboxylic acids is 6. The number of amides is 6. The first-order chi connectivity index (χ1) is 27.2. The minimum atomic E-state index is -1.04. The lowest BCUT2D eigenvalue weighted by Crippen LogP contribution is -2.54. The van der Waals surface area contributed by atoms with Crippen LogP contribution in [0.5, 0.6) is 5.75 Å². The van der Waals surface area contributed by atoms with Gasteiger partial charge in [-0.1, -0.05) is 24.1 Å². The first-order valence-electron chi connectivity index (χ1n) is 18.3. The van der Waals surface area contributed by atoms with Crippen LogP contribution >= 0.6 is 0 Å². The molecule has 0 radical (unpaired) electrons. The standard InChI is InChI=1S/C37H45N9O10/c47-31-15-14-30(35(50)40-31)46-36(51)28-6-5-7-29(34(28)37(46)52)38-23-26-24-45(44-41-26)16-17-54-18-19-55-20-21-56-27-12-10-25(11-13-27)22-39-42-32(48)8-3-1-2-4-9-33(49)43-53/h5-7,10-13,22,24,30,38,53H,1-4,8-9,14-21,23H2,(H,42,48)(H,43,49)(H,40,47,50). The molecule has 0 saturated carbocycles.